The van der Waals surface area contributed by atoms with Gasteiger partial charge < -0.3 is 14.8 Å². The molecule has 3 nitrogen and oxygen atoms in total. The van der Waals surface area contributed by atoms with Gasteiger partial charge in [-0.05, 0) is 54.9 Å². The highest BCUT2D eigenvalue weighted by molar-refractivity contribution is 9.10. The summed E-state index contributed by atoms with van der Waals surface area (Å²) in [5, 5.41) is 4.50. The lowest BCUT2D eigenvalue weighted by molar-refractivity contribution is 0.280. The van der Waals surface area contributed by atoms with Gasteiger partial charge >= 0.3 is 0 Å². The Morgan fingerprint density at radius 2 is 1.80 bits per heavy atom. The van der Waals surface area contributed by atoms with Gasteiger partial charge in [0, 0.05) is 27.2 Å². The first-order valence-electron chi connectivity index (χ1n) is 9.35. The van der Waals surface area contributed by atoms with E-state index in [1.165, 1.54) is 17.7 Å². The van der Waals surface area contributed by atoms with E-state index in [2.05, 4.69) is 21.2 Å². The van der Waals surface area contributed by atoms with Crippen LogP contribution in [0.3, 0.4) is 0 Å². The van der Waals surface area contributed by atoms with E-state index in [-0.39, 0.29) is 12.4 Å². The Bertz CT molecular complexity index is 999. The largest absolute Gasteiger partial charge is 0.493 e. The highest BCUT2D eigenvalue weighted by Gasteiger charge is 2.15. The monoisotopic (exact) mass is 511 g/mol. The molecule has 0 fully saturated rings. The lowest BCUT2D eigenvalue weighted by atomic mass is 10.1. The van der Waals surface area contributed by atoms with Crippen molar-refractivity contribution in [1.29, 1.82) is 0 Å². The Balaban J connectivity index is 1.69. The average molecular weight is 513 g/mol. The number of methoxy groups -OCH3 is 1. The van der Waals surface area contributed by atoms with Gasteiger partial charge in [0.1, 0.15) is 12.4 Å². The van der Waals surface area contributed by atoms with Crippen molar-refractivity contribution in [2.24, 2.45) is 0 Å². The van der Waals surface area contributed by atoms with Crippen LogP contribution in [0, 0.1) is 5.82 Å². The molecule has 0 aliphatic rings. The number of halogens is 4. The second-order valence-electron chi connectivity index (χ2n) is 6.63. The minimum Gasteiger partial charge on any atom is -0.493 e. The standard InChI is InChI=1S/C23H21BrCl2FNO2/c1-29-22-9-8-20(24)19(13-28-11-10-15-2-5-17(25)6-3-15)23(22)30-14-16-4-7-18(27)12-21(16)26/h2-9,12,28H,10-11,13-14H2,1H3. The molecule has 0 amide bonds. The molecule has 0 bridgehead atoms. The molecule has 30 heavy (non-hydrogen) atoms. The summed E-state index contributed by atoms with van der Waals surface area (Å²) in [7, 11) is 1.60. The number of hydrogen-bond donors (Lipinski definition) is 1. The third kappa shape index (κ3) is 6.11. The van der Waals surface area contributed by atoms with Gasteiger partial charge in [-0.15, -0.1) is 0 Å². The van der Waals surface area contributed by atoms with E-state index < -0.39 is 0 Å². The van der Waals surface area contributed by atoms with E-state index in [0.717, 1.165) is 28.0 Å². The fourth-order valence-electron chi connectivity index (χ4n) is 2.95. The second kappa shape index (κ2) is 11.0. The Morgan fingerprint density at radius 1 is 1.03 bits per heavy atom. The second-order valence-corrected chi connectivity index (χ2v) is 8.33. The van der Waals surface area contributed by atoms with Crippen molar-refractivity contribution in [1.82, 2.24) is 5.32 Å². The summed E-state index contributed by atoms with van der Waals surface area (Å²) >= 11 is 15.7. The van der Waals surface area contributed by atoms with Gasteiger partial charge in [0.15, 0.2) is 11.5 Å². The molecule has 3 aromatic carbocycles. The maximum absolute atomic E-state index is 13.3. The SMILES string of the molecule is COc1ccc(Br)c(CNCCc2ccc(Cl)cc2)c1OCc1ccc(F)cc1Cl. The fourth-order valence-corrected chi connectivity index (χ4v) is 3.75. The van der Waals surface area contributed by atoms with Crippen LogP contribution in [-0.4, -0.2) is 13.7 Å². The van der Waals surface area contributed by atoms with E-state index in [9.17, 15) is 4.39 Å². The minimum atomic E-state index is -0.380. The summed E-state index contributed by atoms with van der Waals surface area (Å²) in [5.74, 6) is 0.853. The molecule has 0 radical (unpaired) electrons. The van der Waals surface area contributed by atoms with Gasteiger partial charge in [-0.1, -0.05) is 57.3 Å². The lowest BCUT2D eigenvalue weighted by Crippen LogP contribution is -2.18. The predicted octanol–water partition coefficient (Wildman–Crippen LogP) is 6.81. The number of rotatable bonds is 9. The van der Waals surface area contributed by atoms with E-state index >= 15 is 0 Å². The Hall–Kier alpha value is -1.79. The Kier molecular flexibility index (Phi) is 8.40. The molecule has 0 atom stereocenters. The van der Waals surface area contributed by atoms with E-state index in [1.54, 1.807) is 13.2 Å². The normalized spacial score (nSPS) is 10.8. The van der Waals surface area contributed by atoms with E-state index in [1.807, 2.05) is 36.4 Å². The van der Waals surface area contributed by atoms with Crippen LogP contribution in [0.25, 0.3) is 0 Å². The number of hydrogen-bond acceptors (Lipinski definition) is 3. The number of benzene rings is 3. The van der Waals surface area contributed by atoms with Gasteiger partial charge in [-0.25, -0.2) is 4.39 Å². The van der Waals surface area contributed by atoms with Crippen molar-refractivity contribution in [3.63, 3.8) is 0 Å². The summed E-state index contributed by atoms with van der Waals surface area (Å²) in [4.78, 5) is 0. The molecule has 158 valence electrons. The van der Waals surface area contributed by atoms with Crippen LogP contribution in [0.2, 0.25) is 10.0 Å². The summed E-state index contributed by atoms with van der Waals surface area (Å²) in [6.45, 7) is 1.57. The molecule has 0 unspecified atom stereocenters. The van der Waals surface area contributed by atoms with Crippen LogP contribution in [-0.2, 0) is 19.6 Å². The highest BCUT2D eigenvalue weighted by atomic mass is 79.9. The van der Waals surface area contributed by atoms with Crippen LogP contribution >= 0.6 is 39.1 Å². The van der Waals surface area contributed by atoms with Gasteiger partial charge in [-0.2, -0.15) is 0 Å². The predicted molar refractivity (Wildman–Crippen MR) is 123 cm³/mol. The first-order valence-corrected chi connectivity index (χ1v) is 10.9. The molecular formula is C23H21BrCl2FNO2. The Morgan fingerprint density at radius 3 is 2.50 bits per heavy atom. The first-order chi connectivity index (χ1) is 14.5. The van der Waals surface area contributed by atoms with Crippen LogP contribution in [0.4, 0.5) is 4.39 Å². The quantitative estimate of drug-likeness (QED) is 0.319. The van der Waals surface area contributed by atoms with Crippen molar-refractivity contribution >= 4 is 39.1 Å². The maximum Gasteiger partial charge on any atom is 0.167 e. The van der Waals surface area contributed by atoms with E-state index in [0.29, 0.717) is 28.6 Å². The summed E-state index contributed by atoms with van der Waals surface area (Å²) in [5.41, 5.74) is 2.84. The topological polar surface area (TPSA) is 30.5 Å². The molecule has 0 aliphatic carbocycles. The van der Waals surface area contributed by atoms with Crippen molar-refractivity contribution in [2.75, 3.05) is 13.7 Å². The molecule has 0 heterocycles. The van der Waals surface area contributed by atoms with Crippen molar-refractivity contribution in [2.45, 2.75) is 19.6 Å². The van der Waals surface area contributed by atoms with Crippen molar-refractivity contribution < 1.29 is 13.9 Å². The zero-order chi connectivity index (χ0) is 21.5. The highest BCUT2D eigenvalue weighted by Crippen LogP contribution is 2.37. The van der Waals surface area contributed by atoms with Crippen molar-refractivity contribution in [3.8, 4) is 11.5 Å². The van der Waals surface area contributed by atoms with Crippen LogP contribution in [0.5, 0.6) is 11.5 Å². The van der Waals surface area contributed by atoms with Crippen LogP contribution < -0.4 is 14.8 Å². The zero-order valence-corrected chi connectivity index (χ0v) is 19.5. The molecule has 0 saturated heterocycles. The Labute approximate surface area is 194 Å². The fraction of sp³-hybridized carbons (Fsp3) is 0.217. The minimum absolute atomic E-state index is 0.198. The lowest BCUT2D eigenvalue weighted by Gasteiger charge is -2.17. The molecule has 0 aliphatic heterocycles. The molecule has 3 aromatic rings. The summed E-state index contributed by atoms with van der Waals surface area (Å²) < 4.78 is 25.7. The first kappa shape index (κ1) is 22.9. The zero-order valence-electron chi connectivity index (χ0n) is 16.4. The number of ether oxygens (including phenoxy) is 2. The van der Waals surface area contributed by atoms with Gasteiger partial charge in [0.05, 0.1) is 12.1 Å². The third-order valence-corrected chi connectivity index (χ3v) is 5.93. The molecular weight excluding hydrogens is 492 g/mol. The smallest absolute Gasteiger partial charge is 0.167 e. The van der Waals surface area contributed by atoms with Gasteiger partial charge in [0.25, 0.3) is 0 Å². The third-order valence-electron chi connectivity index (χ3n) is 4.58. The van der Waals surface area contributed by atoms with Crippen LogP contribution in [0.1, 0.15) is 16.7 Å². The van der Waals surface area contributed by atoms with Crippen LogP contribution in [0.15, 0.2) is 59.1 Å². The summed E-state index contributed by atoms with van der Waals surface area (Å²) in [6, 6.07) is 15.8. The summed E-state index contributed by atoms with van der Waals surface area (Å²) in [6.07, 6.45) is 0.875. The average Bonchev–Trinajstić information content (AvgIpc) is 2.73. The van der Waals surface area contributed by atoms with Crippen molar-refractivity contribution in [3.05, 3.63) is 91.6 Å². The van der Waals surface area contributed by atoms with Gasteiger partial charge in [0.2, 0.25) is 0 Å². The molecule has 0 spiro atoms. The van der Waals surface area contributed by atoms with Gasteiger partial charge in [-0.3, -0.25) is 0 Å². The number of nitrogens with one attached hydrogen (secondary N) is 1. The van der Waals surface area contributed by atoms with E-state index in [4.69, 9.17) is 32.7 Å². The molecule has 1 N–H and O–H groups in total. The molecule has 0 saturated carbocycles. The molecule has 3 rings (SSSR count). The molecule has 7 heteroatoms. The molecule has 0 aromatic heterocycles. The maximum atomic E-state index is 13.3.